The van der Waals surface area contributed by atoms with Crippen LogP contribution in [0.15, 0.2) is 46.9 Å². The second kappa shape index (κ2) is 5.42. The molecule has 18 heavy (non-hydrogen) atoms. The van der Waals surface area contributed by atoms with Gasteiger partial charge in [0.15, 0.2) is 0 Å². The van der Waals surface area contributed by atoms with E-state index in [0.717, 1.165) is 0 Å². The molecule has 2 aromatic carbocycles. The van der Waals surface area contributed by atoms with Gasteiger partial charge in [0.25, 0.3) is 0 Å². The molecule has 3 nitrogen and oxygen atoms in total. The van der Waals surface area contributed by atoms with E-state index < -0.39 is 5.97 Å². The number of carboxylic acids is 1. The topological polar surface area (TPSA) is 46.5 Å². The zero-order valence-electron chi connectivity index (χ0n) is 9.06. The van der Waals surface area contributed by atoms with Crippen LogP contribution in [0.25, 0.3) is 0 Å². The van der Waals surface area contributed by atoms with E-state index in [4.69, 9.17) is 21.4 Å². The predicted molar refractivity (Wildman–Crippen MR) is 72.6 cm³/mol. The van der Waals surface area contributed by atoms with Gasteiger partial charge in [-0.25, -0.2) is 4.79 Å². The second-order valence-corrected chi connectivity index (χ2v) is 4.77. The Morgan fingerprint density at radius 3 is 2.56 bits per heavy atom. The van der Waals surface area contributed by atoms with Gasteiger partial charge in [0.1, 0.15) is 17.1 Å². The number of hydrogen-bond acceptors (Lipinski definition) is 2. The van der Waals surface area contributed by atoms with Crippen molar-refractivity contribution in [1.82, 2.24) is 0 Å². The first-order chi connectivity index (χ1) is 8.58. The second-order valence-electron chi connectivity index (χ2n) is 3.48. The third-order valence-electron chi connectivity index (χ3n) is 2.23. The van der Waals surface area contributed by atoms with Crippen molar-refractivity contribution in [3.63, 3.8) is 0 Å². The van der Waals surface area contributed by atoms with Gasteiger partial charge in [0.05, 0.1) is 4.47 Å². The predicted octanol–water partition coefficient (Wildman–Crippen LogP) is 4.59. The van der Waals surface area contributed by atoms with Crippen LogP contribution in [0.1, 0.15) is 10.4 Å². The van der Waals surface area contributed by atoms with Gasteiger partial charge < -0.3 is 9.84 Å². The van der Waals surface area contributed by atoms with Gasteiger partial charge in [-0.05, 0) is 46.3 Å². The van der Waals surface area contributed by atoms with E-state index in [2.05, 4.69) is 15.9 Å². The van der Waals surface area contributed by atoms with Gasteiger partial charge in [-0.1, -0.05) is 23.7 Å². The van der Waals surface area contributed by atoms with E-state index in [9.17, 15) is 4.79 Å². The molecular formula is C13H8BrClO3. The van der Waals surface area contributed by atoms with Crippen LogP contribution >= 0.6 is 27.5 Å². The number of rotatable bonds is 3. The molecule has 92 valence electrons. The molecule has 0 aliphatic heterocycles. The maximum atomic E-state index is 11.0. The molecule has 0 unspecified atom stereocenters. The van der Waals surface area contributed by atoms with Gasteiger partial charge in [-0.15, -0.1) is 0 Å². The Kier molecular flexibility index (Phi) is 3.89. The number of carbonyl (C=O) groups is 1. The molecule has 0 bridgehead atoms. The standard InChI is InChI=1S/C13H8BrClO3/c14-10-7-8(15)5-6-12(10)18-11-4-2-1-3-9(11)13(16)17/h1-7H,(H,16,17). The number of halogens is 2. The van der Waals surface area contributed by atoms with Crippen LogP contribution in [0.3, 0.4) is 0 Å². The molecular weight excluding hydrogens is 319 g/mol. The zero-order valence-corrected chi connectivity index (χ0v) is 11.4. The minimum Gasteiger partial charge on any atom is -0.478 e. The Hall–Kier alpha value is -1.52. The van der Waals surface area contributed by atoms with Crippen molar-refractivity contribution in [1.29, 1.82) is 0 Å². The van der Waals surface area contributed by atoms with Crippen molar-refractivity contribution in [3.8, 4) is 11.5 Å². The molecule has 0 fully saturated rings. The summed E-state index contributed by atoms with van der Waals surface area (Å²) in [5.41, 5.74) is 0.111. The van der Waals surface area contributed by atoms with Crippen LogP contribution in [-0.2, 0) is 0 Å². The number of carboxylic acid groups (broad SMARTS) is 1. The lowest BCUT2D eigenvalue weighted by atomic mass is 10.2. The van der Waals surface area contributed by atoms with Gasteiger partial charge >= 0.3 is 5.97 Å². The highest BCUT2D eigenvalue weighted by Gasteiger charge is 2.12. The maximum Gasteiger partial charge on any atom is 0.339 e. The van der Waals surface area contributed by atoms with Crippen molar-refractivity contribution in [2.24, 2.45) is 0 Å². The molecule has 0 saturated heterocycles. The van der Waals surface area contributed by atoms with Crippen LogP contribution in [0.5, 0.6) is 11.5 Å². The van der Waals surface area contributed by atoms with Gasteiger partial charge in [-0.2, -0.15) is 0 Å². The molecule has 2 rings (SSSR count). The maximum absolute atomic E-state index is 11.0. The van der Waals surface area contributed by atoms with E-state index in [0.29, 0.717) is 15.2 Å². The molecule has 1 N–H and O–H groups in total. The number of benzene rings is 2. The van der Waals surface area contributed by atoms with Crippen molar-refractivity contribution in [2.45, 2.75) is 0 Å². The van der Waals surface area contributed by atoms with Crippen molar-refractivity contribution < 1.29 is 14.6 Å². The normalized spacial score (nSPS) is 10.1. The number of aromatic carboxylic acids is 1. The molecule has 0 spiro atoms. The summed E-state index contributed by atoms with van der Waals surface area (Å²) < 4.78 is 6.23. The molecule has 0 aromatic heterocycles. The lowest BCUT2D eigenvalue weighted by Crippen LogP contribution is -1.99. The van der Waals surface area contributed by atoms with E-state index >= 15 is 0 Å². The first-order valence-corrected chi connectivity index (χ1v) is 6.20. The molecule has 0 saturated carbocycles. The number of ether oxygens (including phenoxy) is 1. The SMILES string of the molecule is O=C(O)c1ccccc1Oc1ccc(Cl)cc1Br. The highest BCUT2D eigenvalue weighted by atomic mass is 79.9. The Bertz CT molecular complexity index is 599. The van der Waals surface area contributed by atoms with E-state index in [1.165, 1.54) is 6.07 Å². The smallest absolute Gasteiger partial charge is 0.339 e. The van der Waals surface area contributed by atoms with E-state index in [-0.39, 0.29) is 11.3 Å². The first kappa shape index (κ1) is 12.9. The Morgan fingerprint density at radius 2 is 1.89 bits per heavy atom. The molecule has 5 heteroatoms. The van der Waals surface area contributed by atoms with Crippen LogP contribution < -0.4 is 4.74 Å². The fourth-order valence-electron chi connectivity index (χ4n) is 1.41. The third kappa shape index (κ3) is 2.83. The van der Waals surface area contributed by atoms with E-state index in [1.54, 1.807) is 36.4 Å². The van der Waals surface area contributed by atoms with Gasteiger partial charge in [0, 0.05) is 5.02 Å². The Morgan fingerprint density at radius 1 is 1.17 bits per heavy atom. The minimum absolute atomic E-state index is 0.111. The average Bonchev–Trinajstić information content (AvgIpc) is 2.33. The third-order valence-corrected chi connectivity index (χ3v) is 3.09. The van der Waals surface area contributed by atoms with Crippen LogP contribution in [0, 0.1) is 0 Å². The summed E-state index contributed by atoms with van der Waals surface area (Å²) in [5.74, 6) is -0.239. The quantitative estimate of drug-likeness (QED) is 0.896. The van der Waals surface area contributed by atoms with Crippen molar-refractivity contribution in [2.75, 3.05) is 0 Å². The molecule has 0 amide bonds. The van der Waals surface area contributed by atoms with Crippen molar-refractivity contribution in [3.05, 3.63) is 57.5 Å². The van der Waals surface area contributed by atoms with E-state index in [1.807, 2.05) is 0 Å². The number of para-hydroxylation sites is 1. The average molecular weight is 328 g/mol. The lowest BCUT2D eigenvalue weighted by molar-refractivity contribution is 0.0694. The van der Waals surface area contributed by atoms with Crippen LogP contribution in [-0.4, -0.2) is 11.1 Å². The lowest BCUT2D eigenvalue weighted by Gasteiger charge is -2.10. The Balaban J connectivity index is 2.37. The fourth-order valence-corrected chi connectivity index (χ4v) is 2.17. The summed E-state index contributed by atoms with van der Waals surface area (Å²) in [6.45, 7) is 0. The van der Waals surface area contributed by atoms with Gasteiger partial charge in [0.2, 0.25) is 0 Å². The Labute approximate surface area is 117 Å². The fraction of sp³-hybridized carbons (Fsp3) is 0. The number of hydrogen-bond donors (Lipinski definition) is 1. The first-order valence-electron chi connectivity index (χ1n) is 5.03. The highest BCUT2D eigenvalue weighted by Crippen LogP contribution is 2.33. The summed E-state index contributed by atoms with van der Waals surface area (Å²) in [7, 11) is 0. The van der Waals surface area contributed by atoms with Gasteiger partial charge in [-0.3, -0.25) is 0 Å². The monoisotopic (exact) mass is 326 g/mol. The highest BCUT2D eigenvalue weighted by molar-refractivity contribution is 9.10. The molecule has 0 radical (unpaired) electrons. The molecule has 0 atom stereocenters. The van der Waals surface area contributed by atoms with Crippen LogP contribution in [0.2, 0.25) is 5.02 Å². The molecule has 0 aliphatic carbocycles. The van der Waals surface area contributed by atoms with Crippen molar-refractivity contribution >= 4 is 33.5 Å². The summed E-state index contributed by atoms with van der Waals surface area (Å²) in [6.07, 6.45) is 0. The zero-order chi connectivity index (χ0) is 13.1. The molecule has 0 heterocycles. The summed E-state index contributed by atoms with van der Waals surface area (Å²) in [4.78, 5) is 11.0. The van der Waals surface area contributed by atoms with Crippen LogP contribution in [0.4, 0.5) is 0 Å². The largest absolute Gasteiger partial charge is 0.478 e. The summed E-state index contributed by atoms with van der Waals surface area (Å²) >= 11 is 9.13. The summed E-state index contributed by atoms with van der Waals surface area (Å²) in [5, 5.41) is 9.61. The molecule has 0 aliphatic rings. The molecule has 2 aromatic rings. The summed E-state index contributed by atoms with van der Waals surface area (Å²) in [6, 6.07) is 11.5. The minimum atomic E-state index is -1.03.